The molecule has 1 N–H and O–H groups in total. The molecule has 124 valence electrons. The van der Waals surface area contributed by atoms with Gasteiger partial charge in [0.15, 0.2) is 6.10 Å². The number of hydrogen-bond acceptors (Lipinski definition) is 5. The van der Waals surface area contributed by atoms with Crippen molar-refractivity contribution in [3.05, 3.63) is 69.2 Å². The fraction of sp³-hybridized carbons (Fsp3) is 0.125. The van der Waals surface area contributed by atoms with E-state index >= 15 is 0 Å². The third-order valence-corrected chi connectivity index (χ3v) is 3.31. The summed E-state index contributed by atoms with van der Waals surface area (Å²) in [5.74, 6) is -1.53. The van der Waals surface area contributed by atoms with E-state index in [2.05, 4.69) is 5.32 Å². The number of amides is 1. The van der Waals surface area contributed by atoms with Gasteiger partial charge in [0.2, 0.25) is 0 Å². The number of hydrogen-bond donors (Lipinski definition) is 1. The molecule has 0 bridgehead atoms. The maximum Gasteiger partial charge on any atom is 0.345 e. The van der Waals surface area contributed by atoms with E-state index in [1.165, 1.54) is 19.1 Å². The van der Waals surface area contributed by atoms with Crippen LogP contribution in [-0.4, -0.2) is 22.9 Å². The van der Waals surface area contributed by atoms with Crippen LogP contribution >= 0.6 is 11.6 Å². The van der Waals surface area contributed by atoms with Gasteiger partial charge in [-0.3, -0.25) is 14.9 Å². The molecular formula is C16H13ClN2O5. The van der Waals surface area contributed by atoms with E-state index in [1.54, 1.807) is 30.3 Å². The number of nitro groups is 1. The molecule has 8 heteroatoms. The van der Waals surface area contributed by atoms with Crippen molar-refractivity contribution in [3.63, 3.8) is 0 Å². The highest BCUT2D eigenvalue weighted by atomic mass is 35.5. The Hall–Kier alpha value is -2.93. The number of anilines is 1. The van der Waals surface area contributed by atoms with Crippen LogP contribution in [0.15, 0.2) is 48.5 Å². The number of nitrogens with one attached hydrogen (secondary N) is 1. The highest BCUT2D eigenvalue weighted by molar-refractivity contribution is 6.31. The second kappa shape index (κ2) is 7.56. The van der Waals surface area contributed by atoms with Gasteiger partial charge in [0.1, 0.15) is 5.56 Å². The van der Waals surface area contributed by atoms with Crippen molar-refractivity contribution in [1.29, 1.82) is 0 Å². The summed E-state index contributed by atoms with van der Waals surface area (Å²) >= 11 is 5.69. The van der Waals surface area contributed by atoms with Crippen LogP contribution in [0.1, 0.15) is 17.3 Å². The number of carbonyl (C=O) groups is 2. The van der Waals surface area contributed by atoms with E-state index in [4.69, 9.17) is 16.3 Å². The number of para-hydroxylation sites is 1. The third-order valence-electron chi connectivity index (χ3n) is 3.07. The average molecular weight is 349 g/mol. The molecule has 1 amide bonds. The van der Waals surface area contributed by atoms with Crippen LogP contribution in [0.3, 0.4) is 0 Å². The lowest BCUT2D eigenvalue weighted by Gasteiger charge is -2.13. The zero-order valence-electron chi connectivity index (χ0n) is 12.6. The maximum absolute atomic E-state index is 12.1. The van der Waals surface area contributed by atoms with Crippen LogP contribution in [0.25, 0.3) is 0 Å². The molecule has 2 rings (SSSR count). The van der Waals surface area contributed by atoms with Crippen molar-refractivity contribution < 1.29 is 19.2 Å². The average Bonchev–Trinajstić information content (AvgIpc) is 2.55. The van der Waals surface area contributed by atoms with E-state index in [0.717, 1.165) is 6.07 Å². The molecule has 0 heterocycles. The molecule has 0 radical (unpaired) electrons. The highest BCUT2D eigenvalue weighted by Crippen LogP contribution is 2.24. The van der Waals surface area contributed by atoms with Crippen LogP contribution in [0.2, 0.25) is 5.02 Å². The number of rotatable bonds is 5. The molecule has 0 fully saturated rings. The van der Waals surface area contributed by atoms with Crippen molar-refractivity contribution >= 4 is 34.9 Å². The van der Waals surface area contributed by atoms with E-state index in [0.29, 0.717) is 5.69 Å². The van der Waals surface area contributed by atoms with E-state index in [1.807, 2.05) is 0 Å². The van der Waals surface area contributed by atoms with Crippen LogP contribution in [0, 0.1) is 10.1 Å². The summed E-state index contributed by atoms with van der Waals surface area (Å²) in [6.45, 7) is 1.37. The summed E-state index contributed by atoms with van der Waals surface area (Å²) in [7, 11) is 0. The second-order valence-electron chi connectivity index (χ2n) is 4.82. The van der Waals surface area contributed by atoms with Crippen molar-refractivity contribution in [3.8, 4) is 0 Å². The monoisotopic (exact) mass is 348 g/mol. The summed E-state index contributed by atoms with van der Waals surface area (Å²) < 4.78 is 5.00. The van der Waals surface area contributed by atoms with Crippen LogP contribution < -0.4 is 5.32 Å². The number of nitrogens with zero attached hydrogens (tertiary/aromatic N) is 1. The Labute approximate surface area is 142 Å². The first-order valence-corrected chi connectivity index (χ1v) is 7.27. The minimum atomic E-state index is -1.13. The summed E-state index contributed by atoms with van der Waals surface area (Å²) in [4.78, 5) is 34.4. The summed E-state index contributed by atoms with van der Waals surface area (Å²) in [5, 5.41) is 13.7. The number of benzene rings is 2. The molecule has 1 unspecified atom stereocenters. The Kier molecular flexibility index (Phi) is 5.49. The van der Waals surface area contributed by atoms with Gasteiger partial charge in [-0.1, -0.05) is 29.8 Å². The van der Waals surface area contributed by atoms with Gasteiger partial charge in [-0.05, 0) is 31.2 Å². The van der Waals surface area contributed by atoms with Gasteiger partial charge in [-0.2, -0.15) is 0 Å². The molecule has 0 aromatic heterocycles. The maximum atomic E-state index is 12.1. The SMILES string of the molecule is CC(OC(=O)c1ccc(Cl)cc1[N+](=O)[O-])C(=O)Nc1ccccc1. The highest BCUT2D eigenvalue weighted by Gasteiger charge is 2.25. The lowest BCUT2D eigenvalue weighted by atomic mass is 10.2. The molecule has 0 aliphatic rings. The van der Waals surface area contributed by atoms with E-state index in [-0.39, 0.29) is 10.6 Å². The molecule has 2 aromatic carbocycles. The Bertz CT molecular complexity index is 779. The summed E-state index contributed by atoms with van der Waals surface area (Å²) in [6.07, 6.45) is -1.13. The molecule has 0 saturated heterocycles. The fourth-order valence-corrected chi connectivity index (χ4v) is 2.04. The Morgan fingerprint density at radius 2 is 1.88 bits per heavy atom. The Morgan fingerprint density at radius 1 is 1.21 bits per heavy atom. The molecule has 2 aromatic rings. The van der Waals surface area contributed by atoms with Gasteiger partial charge < -0.3 is 10.1 Å². The predicted molar refractivity (Wildman–Crippen MR) is 88.1 cm³/mol. The van der Waals surface area contributed by atoms with Crippen LogP contribution in [-0.2, 0) is 9.53 Å². The first kappa shape index (κ1) is 17.4. The summed E-state index contributed by atoms with van der Waals surface area (Å²) in [6, 6.07) is 12.2. The molecule has 0 aliphatic heterocycles. The van der Waals surface area contributed by atoms with Crippen molar-refractivity contribution in [2.75, 3.05) is 5.32 Å². The van der Waals surface area contributed by atoms with Gasteiger partial charge in [-0.25, -0.2) is 4.79 Å². The first-order valence-electron chi connectivity index (χ1n) is 6.89. The molecule has 1 atom stereocenters. The van der Waals surface area contributed by atoms with Gasteiger partial charge in [-0.15, -0.1) is 0 Å². The largest absolute Gasteiger partial charge is 0.449 e. The van der Waals surface area contributed by atoms with Crippen molar-refractivity contribution in [2.45, 2.75) is 13.0 Å². The van der Waals surface area contributed by atoms with Gasteiger partial charge in [0.05, 0.1) is 4.92 Å². The molecular weight excluding hydrogens is 336 g/mol. The fourth-order valence-electron chi connectivity index (χ4n) is 1.87. The molecule has 0 saturated carbocycles. The Balaban J connectivity index is 2.09. The van der Waals surface area contributed by atoms with Gasteiger partial charge in [0.25, 0.3) is 11.6 Å². The third kappa shape index (κ3) is 4.30. The zero-order valence-corrected chi connectivity index (χ0v) is 13.3. The summed E-state index contributed by atoms with van der Waals surface area (Å²) in [5.41, 5.74) is -0.213. The molecule has 0 spiro atoms. The number of halogens is 1. The zero-order chi connectivity index (χ0) is 17.7. The number of esters is 1. The molecule has 7 nitrogen and oxygen atoms in total. The minimum Gasteiger partial charge on any atom is -0.449 e. The van der Waals surface area contributed by atoms with Gasteiger partial charge >= 0.3 is 5.97 Å². The number of ether oxygens (including phenoxy) is 1. The lowest BCUT2D eigenvalue weighted by molar-refractivity contribution is -0.385. The normalized spacial score (nSPS) is 11.4. The smallest absolute Gasteiger partial charge is 0.345 e. The number of nitro benzene ring substituents is 1. The van der Waals surface area contributed by atoms with Crippen molar-refractivity contribution in [2.24, 2.45) is 0 Å². The predicted octanol–water partition coefficient (Wildman–Crippen LogP) is 3.43. The minimum absolute atomic E-state index is 0.119. The van der Waals surface area contributed by atoms with Gasteiger partial charge in [0, 0.05) is 16.8 Å². The topological polar surface area (TPSA) is 98.5 Å². The standard InChI is InChI=1S/C16H13ClN2O5/c1-10(15(20)18-12-5-3-2-4-6-12)24-16(21)13-8-7-11(17)9-14(13)19(22)23/h2-10H,1H3,(H,18,20). The first-order chi connectivity index (χ1) is 11.4. The van der Waals surface area contributed by atoms with E-state index < -0.39 is 28.6 Å². The molecule has 24 heavy (non-hydrogen) atoms. The van der Waals surface area contributed by atoms with Crippen LogP contribution in [0.4, 0.5) is 11.4 Å². The second-order valence-corrected chi connectivity index (χ2v) is 5.26. The van der Waals surface area contributed by atoms with Crippen molar-refractivity contribution in [1.82, 2.24) is 0 Å². The Morgan fingerprint density at radius 3 is 2.50 bits per heavy atom. The van der Waals surface area contributed by atoms with Crippen LogP contribution in [0.5, 0.6) is 0 Å². The quantitative estimate of drug-likeness (QED) is 0.507. The van der Waals surface area contributed by atoms with E-state index in [9.17, 15) is 19.7 Å². The lowest BCUT2D eigenvalue weighted by Crippen LogP contribution is -2.30. The molecule has 0 aliphatic carbocycles. The number of carbonyl (C=O) groups excluding carboxylic acids is 2.